The molecule has 31 heavy (non-hydrogen) atoms. The van der Waals surface area contributed by atoms with Gasteiger partial charge in [0, 0.05) is 11.1 Å². The highest BCUT2D eigenvalue weighted by atomic mass is 35.5. The van der Waals surface area contributed by atoms with E-state index in [-0.39, 0.29) is 6.61 Å². The van der Waals surface area contributed by atoms with Gasteiger partial charge in [0.05, 0.1) is 44.2 Å². The summed E-state index contributed by atoms with van der Waals surface area (Å²) in [7, 11) is 4.77. The lowest BCUT2D eigenvalue weighted by molar-refractivity contribution is 0.0521. The van der Waals surface area contributed by atoms with Crippen molar-refractivity contribution in [1.82, 2.24) is 4.98 Å². The van der Waals surface area contributed by atoms with Crippen LogP contribution in [0.25, 0.3) is 22.4 Å². The fourth-order valence-corrected chi connectivity index (χ4v) is 3.95. The Balaban J connectivity index is 2.37. The molecule has 0 aliphatic heterocycles. The average Bonchev–Trinajstić information content (AvgIpc) is 3.17. The molecular formula is C24H26ClNO5. The number of aromatic nitrogens is 1. The molecule has 0 unspecified atom stereocenters. The molecule has 0 saturated carbocycles. The number of carbonyl (C=O) groups is 1. The second kappa shape index (κ2) is 9.79. The molecule has 0 aliphatic carbocycles. The maximum Gasteiger partial charge on any atom is 0.355 e. The number of H-pyrrole nitrogens is 1. The molecule has 6 nitrogen and oxygen atoms in total. The molecule has 164 valence electrons. The Labute approximate surface area is 187 Å². The van der Waals surface area contributed by atoms with Crippen molar-refractivity contribution in [2.45, 2.75) is 20.3 Å². The van der Waals surface area contributed by atoms with Crippen LogP contribution < -0.4 is 14.2 Å². The number of aromatic amines is 1. The molecule has 0 atom stereocenters. The number of benzene rings is 2. The third kappa shape index (κ3) is 4.21. The molecule has 2 aromatic carbocycles. The van der Waals surface area contributed by atoms with Gasteiger partial charge in [0.1, 0.15) is 22.9 Å². The number of carbonyl (C=O) groups excluding carboxylic acids is 1. The molecule has 0 aliphatic rings. The zero-order valence-electron chi connectivity index (χ0n) is 18.3. The predicted octanol–water partition coefficient (Wildman–Crippen LogP) is 5.77. The zero-order chi connectivity index (χ0) is 22.5. The van der Waals surface area contributed by atoms with Crippen molar-refractivity contribution < 1.29 is 23.7 Å². The molecule has 1 N–H and O–H groups in total. The van der Waals surface area contributed by atoms with Gasteiger partial charge in [-0.1, -0.05) is 24.6 Å². The topological polar surface area (TPSA) is 69.8 Å². The fraction of sp³-hybridized carbons (Fsp3) is 0.292. The van der Waals surface area contributed by atoms with Crippen molar-refractivity contribution in [2.75, 3.05) is 27.9 Å². The minimum absolute atomic E-state index is 0.252. The molecule has 0 bridgehead atoms. The van der Waals surface area contributed by atoms with Gasteiger partial charge in [0.25, 0.3) is 0 Å². The number of esters is 1. The average molecular weight is 444 g/mol. The van der Waals surface area contributed by atoms with Crippen LogP contribution in [0.1, 0.15) is 29.9 Å². The number of rotatable bonds is 8. The first kappa shape index (κ1) is 22.6. The Morgan fingerprint density at radius 2 is 1.65 bits per heavy atom. The Morgan fingerprint density at radius 1 is 0.968 bits per heavy atom. The lowest BCUT2D eigenvalue weighted by Gasteiger charge is -2.14. The number of ether oxygens (including phenoxy) is 4. The molecular weight excluding hydrogens is 418 g/mol. The van der Waals surface area contributed by atoms with Crippen LogP contribution in [-0.2, 0) is 11.2 Å². The second-order valence-electron chi connectivity index (χ2n) is 6.69. The minimum atomic E-state index is -0.459. The standard InChI is InChI=1S/C24H26ClNO5/c1-6-15-20(16-12-11-14(28-3)13-17(16)25)23(24(27)31-7-2)26-22(15)21-18(29-4)9-8-10-19(21)30-5/h8-13,26H,6-7H2,1-5H3. The van der Waals surface area contributed by atoms with Crippen LogP contribution in [0.4, 0.5) is 0 Å². The van der Waals surface area contributed by atoms with Crippen LogP contribution >= 0.6 is 11.6 Å². The molecule has 0 radical (unpaired) electrons. The van der Waals surface area contributed by atoms with Crippen molar-refractivity contribution >= 4 is 17.6 Å². The zero-order valence-corrected chi connectivity index (χ0v) is 19.1. The number of methoxy groups -OCH3 is 3. The Bertz CT molecular complexity index is 1070. The Kier molecular flexibility index (Phi) is 7.13. The largest absolute Gasteiger partial charge is 0.497 e. The summed E-state index contributed by atoms with van der Waals surface area (Å²) in [5.41, 5.74) is 4.08. The van der Waals surface area contributed by atoms with Gasteiger partial charge in [-0.25, -0.2) is 4.79 Å². The van der Waals surface area contributed by atoms with Gasteiger partial charge >= 0.3 is 5.97 Å². The number of hydrogen-bond donors (Lipinski definition) is 1. The highest BCUT2D eigenvalue weighted by Gasteiger charge is 2.28. The van der Waals surface area contributed by atoms with E-state index in [1.165, 1.54) is 0 Å². The summed E-state index contributed by atoms with van der Waals surface area (Å²) in [6.07, 6.45) is 0.629. The number of halogens is 1. The first-order valence-electron chi connectivity index (χ1n) is 9.97. The predicted molar refractivity (Wildman–Crippen MR) is 122 cm³/mol. The summed E-state index contributed by atoms with van der Waals surface area (Å²) in [5, 5.41) is 0.470. The van der Waals surface area contributed by atoms with E-state index in [1.54, 1.807) is 34.3 Å². The monoisotopic (exact) mass is 443 g/mol. The molecule has 0 spiro atoms. The van der Waals surface area contributed by atoms with E-state index in [2.05, 4.69) is 4.98 Å². The van der Waals surface area contributed by atoms with Gasteiger partial charge in [-0.05, 0) is 49.2 Å². The van der Waals surface area contributed by atoms with E-state index in [0.717, 1.165) is 16.8 Å². The second-order valence-corrected chi connectivity index (χ2v) is 7.09. The first-order valence-corrected chi connectivity index (χ1v) is 10.4. The van der Waals surface area contributed by atoms with Gasteiger partial charge in [0.2, 0.25) is 0 Å². The van der Waals surface area contributed by atoms with E-state index in [9.17, 15) is 4.79 Å². The molecule has 1 aromatic heterocycles. The van der Waals surface area contributed by atoms with Gasteiger partial charge < -0.3 is 23.9 Å². The maximum atomic E-state index is 12.9. The summed E-state index contributed by atoms with van der Waals surface area (Å²) in [6.45, 7) is 4.04. The van der Waals surface area contributed by atoms with Crippen molar-refractivity contribution in [3.63, 3.8) is 0 Å². The highest BCUT2D eigenvalue weighted by molar-refractivity contribution is 6.33. The molecule has 7 heteroatoms. The van der Waals surface area contributed by atoms with Crippen LogP contribution in [0.15, 0.2) is 36.4 Å². The highest BCUT2D eigenvalue weighted by Crippen LogP contribution is 2.45. The SMILES string of the molecule is CCOC(=O)c1[nH]c(-c2c(OC)cccc2OC)c(CC)c1-c1ccc(OC)cc1Cl. The third-order valence-corrected chi connectivity index (χ3v) is 5.37. The summed E-state index contributed by atoms with van der Waals surface area (Å²) in [5.74, 6) is 1.42. The molecule has 0 amide bonds. The maximum absolute atomic E-state index is 12.9. The fourth-order valence-electron chi connectivity index (χ4n) is 3.68. The third-order valence-electron chi connectivity index (χ3n) is 5.06. The van der Waals surface area contributed by atoms with Crippen LogP contribution in [0.3, 0.4) is 0 Å². The smallest absolute Gasteiger partial charge is 0.355 e. The van der Waals surface area contributed by atoms with Gasteiger partial charge in [-0.2, -0.15) is 0 Å². The van der Waals surface area contributed by atoms with E-state index in [1.807, 2.05) is 37.3 Å². The first-order chi connectivity index (χ1) is 15.0. The quantitative estimate of drug-likeness (QED) is 0.448. The minimum Gasteiger partial charge on any atom is -0.497 e. The number of hydrogen-bond acceptors (Lipinski definition) is 5. The van der Waals surface area contributed by atoms with E-state index >= 15 is 0 Å². The molecule has 3 aromatic rings. The lowest BCUT2D eigenvalue weighted by Crippen LogP contribution is -2.07. The van der Waals surface area contributed by atoms with Crippen molar-refractivity contribution in [3.05, 3.63) is 52.7 Å². The summed E-state index contributed by atoms with van der Waals surface area (Å²) in [4.78, 5) is 16.2. The van der Waals surface area contributed by atoms with Crippen LogP contribution in [0, 0.1) is 0 Å². The van der Waals surface area contributed by atoms with Crippen molar-refractivity contribution in [1.29, 1.82) is 0 Å². The van der Waals surface area contributed by atoms with E-state index in [4.69, 9.17) is 30.5 Å². The van der Waals surface area contributed by atoms with Crippen LogP contribution in [-0.4, -0.2) is 38.9 Å². The normalized spacial score (nSPS) is 10.6. The Hall–Kier alpha value is -3.12. The number of nitrogens with one attached hydrogen (secondary N) is 1. The van der Waals surface area contributed by atoms with Gasteiger partial charge in [-0.15, -0.1) is 0 Å². The van der Waals surface area contributed by atoms with Gasteiger partial charge in [0.15, 0.2) is 0 Å². The molecule has 3 rings (SSSR count). The van der Waals surface area contributed by atoms with E-state index in [0.29, 0.717) is 45.5 Å². The molecule has 1 heterocycles. The summed E-state index contributed by atoms with van der Waals surface area (Å²) < 4.78 is 21.8. The van der Waals surface area contributed by atoms with E-state index < -0.39 is 5.97 Å². The van der Waals surface area contributed by atoms with Crippen LogP contribution in [0.2, 0.25) is 5.02 Å². The van der Waals surface area contributed by atoms with Gasteiger partial charge in [-0.3, -0.25) is 0 Å². The molecule has 0 saturated heterocycles. The van der Waals surface area contributed by atoms with Crippen molar-refractivity contribution in [3.8, 4) is 39.6 Å². The Morgan fingerprint density at radius 3 is 2.16 bits per heavy atom. The molecule has 0 fully saturated rings. The summed E-state index contributed by atoms with van der Waals surface area (Å²) in [6, 6.07) is 10.9. The van der Waals surface area contributed by atoms with Crippen LogP contribution in [0.5, 0.6) is 17.2 Å². The lowest BCUT2D eigenvalue weighted by atomic mass is 9.95. The van der Waals surface area contributed by atoms with Crippen molar-refractivity contribution in [2.24, 2.45) is 0 Å². The summed E-state index contributed by atoms with van der Waals surface area (Å²) >= 11 is 6.60.